The molecule has 2 aliphatic heterocycles. The maximum atomic E-state index is 17.9. The predicted molar refractivity (Wildman–Crippen MR) is 364 cm³/mol. The van der Waals surface area contributed by atoms with Gasteiger partial charge in [0.25, 0.3) is 0 Å². The summed E-state index contributed by atoms with van der Waals surface area (Å²) in [6.45, 7) is 1.99. The summed E-state index contributed by atoms with van der Waals surface area (Å²) in [4.78, 5) is 21.2. The zero-order chi connectivity index (χ0) is 61.6. The molecule has 2 bridgehead atoms. The molecule has 3 fully saturated rings. The minimum atomic E-state index is -1.78. The molecule has 0 amide bonds. The Morgan fingerprint density at radius 1 is 0.787 bits per heavy atom. The van der Waals surface area contributed by atoms with Crippen molar-refractivity contribution >= 4 is 65.8 Å². The standard InChI is InChI=1S/C74H84N2O9S4/c1-4-45-19-20-46-15-10-17-55-66(39-77)89-88-41-52-34-67(81)74(60-42-87-86-40-50-14-8-9-18-64(50)85-65-33-49(60)22-25-61(65)78,53-35-59-54(63(80)36-53)23-24-58-48(16-11-28-73(58,59)75-2)30-43-12-6-5-7-13-43)72(83)69(52)70(82)51(31-44-27-29-76-38-44)32-47-21-26-62(79)71(84-3)57(47)37-56(45)68(46)55/h5-7,10,12-13,15,17,19-27,29,33,35-36,38,48,50-52,58,60,64,66-67,69-70,75-82H,4,8-9,11,14,16,18,28,30-32,34,37,39-42H2,1-3H3. The van der Waals surface area contributed by atoms with Crippen LogP contribution in [0.15, 0.2) is 128 Å². The summed E-state index contributed by atoms with van der Waals surface area (Å²) in [7, 11) is 10.2. The van der Waals surface area contributed by atoms with Crippen LogP contribution in [0.25, 0.3) is 16.8 Å². The third-order valence-electron chi connectivity index (χ3n) is 21.6. The number of nitrogens with one attached hydrogen (secondary N) is 2. The van der Waals surface area contributed by atoms with Crippen molar-refractivity contribution in [2.24, 2.45) is 35.5 Å². The number of aliphatic hydroxyl groups excluding tert-OH is 3. The first-order valence-electron chi connectivity index (χ1n) is 32.2. The fourth-order valence-corrected chi connectivity index (χ4v) is 22.9. The SMILES string of the molecule is CCc1ccc2cccc3c2c1Cc1c(ccc(O)c1OC)CC(Cc1cc[nH]c1)C(O)C1C(=O)C(c2cc(O)c4c(c2)C2(NC)CCCC(Cc5ccccc5)C2C=C4)(C2CSSCC4CCCCC4Oc4cc2ccc4O)C(O)CC1CSSC3CO. The molecule has 6 aromatic carbocycles. The number of hydrogen-bond acceptors (Lipinski definition) is 14. The minimum absolute atomic E-state index is 0.000918. The number of rotatable bonds is 10. The van der Waals surface area contributed by atoms with Gasteiger partial charge in [-0.15, -0.1) is 0 Å². The predicted octanol–water partition coefficient (Wildman–Crippen LogP) is 14.4. The van der Waals surface area contributed by atoms with E-state index in [4.69, 9.17) is 9.47 Å². The van der Waals surface area contributed by atoms with Crippen molar-refractivity contribution in [3.05, 3.63) is 189 Å². The molecule has 7 aromatic rings. The summed E-state index contributed by atoms with van der Waals surface area (Å²) in [6.07, 6.45) is 15.1. The third kappa shape index (κ3) is 11.5. The highest BCUT2D eigenvalue weighted by Gasteiger charge is 2.62. The molecule has 13 atom stereocenters. The molecule has 89 heavy (non-hydrogen) atoms. The van der Waals surface area contributed by atoms with Crippen molar-refractivity contribution in [2.45, 2.75) is 131 Å². The number of ether oxygens (including phenoxy) is 2. The molecule has 468 valence electrons. The largest absolute Gasteiger partial charge is 0.507 e. The van der Waals surface area contributed by atoms with Gasteiger partial charge in [-0.2, -0.15) is 0 Å². The number of aliphatic hydroxyl groups is 3. The number of hydrogen-bond donors (Lipinski definition) is 8. The first-order valence-corrected chi connectivity index (χ1v) is 37.1. The Hall–Kier alpha value is -5.49. The number of phenolic OH excluding ortho intramolecular Hbond substituents is 3. The van der Waals surface area contributed by atoms with Gasteiger partial charge in [0.1, 0.15) is 11.9 Å². The first-order chi connectivity index (χ1) is 43.4. The lowest BCUT2D eigenvalue weighted by Crippen LogP contribution is -2.63. The number of aromatic amines is 1. The lowest BCUT2D eigenvalue weighted by molar-refractivity contribution is -0.150. The Labute approximate surface area is 539 Å². The van der Waals surface area contributed by atoms with Crippen molar-refractivity contribution < 1.29 is 44.9 Å². The summed E-state index contributed by atoms with van der Waals surface area (Å²) in [5, 5.41) is 81.8. The zero-order valence-corrected chi connectivity index (χ0v) is 54.4. The molecule has 0 saturated heterocycles. The van der Waals surface area contributed by atoms with Crippen LogP contribution in [-0.2, 0) is 47.9 Å². The first kappa shape index (κ1) is 62.3. The Balaban J connectivity index is 1.02. The summed E-state index contributed by atoms with van der Waals surface area (Å²) < 4.78 is 13.1. The molecule has 13 unspecified atom stereocenters. The number of methoxy groups -OCH3 is 1. The van der Waals surface area contributed by atoms with Crippen LogP contribution in [-0.4, -0.2) is 97.7 Å². The Morgan fingerprint density at radius 3 is 2.39 bits per heavy atom. The number of aromatic nitrogens is 1. The number of carbonyl (C=O) groups is 1. The molecule has 3 heterocycles. The lowest BCUT2D eigenvalue weighted by atomic mass is 9.51. The maximum Gasteiger partial charge on any atom is 0.164 e. The fraction of sp³-hybridized carbons (Fsp3) is 0.446. The summed E-state index contributed by atoms with van der Waals surface area (Å²) in [5.41, 5.74) is 7.47. The van der Waals surface area contributed by atoms with E-state index in [1.807, 2.05) is 49.8 Å². The van der Waals surface area contributed by atoms with Crippen molar-refractivity contribution in [1.82, 2.24) is 10.3 Å². The number of benzene rings is 6. The number of phenols is 3. The smallest absolute Gasteiger partial charge is 0.164 e. The molecule has 1 aromatic heterocycles. The molecule has 4 aliphatic carbocycles. The van der Waals surface area contributed by atoms with Crippen molar-refractivity contribution in [2.75, 3.05) is 38.0 Å². The molecule has 11 nitrogen and oxygen atoms in total. The van der Waals surface area contributed by atoms with Crippen molar-refractivity contribution in [1.29, 1.82) is 0 Å². The molecular weight excluding hydrogens is 1190 g/mol. The highest BCUT2D eigenvalue weighted by Crippen LogP contribution is 2.60. The normalized spacial score (nSPS) is 29.8. The fourth-order valence-electron chi connectivity index (χ4n) is 17.1. The van der Waals surface area contributed by atoms with E-state index in [0.717, 1.165) is 119 Å². The van der Waals surface area contributed by atoms with E-state index < -0.39 is 52.1 Å². The van der Waals surface area contributed by atoms with Gasteiger partial charge in [-0.3, -0.25) is 4.79 Å². The quantitative estimate of drug-likeness (QED) is 0.0605. The lowest BCUT2D eigenvalue weighted by Gasteiger charge is -2.54. The molecule has 8 N–H and O–H groups in total. The number of fused-ring (bicyclic) bond motifs is 8. The summed E-state index contributed by atoms with van der Waals surface area (Å²) in [6, 6.07) is 36.2. The van der Waals surface area contributed by atoms with Gasteiger partial charge in [0.15, 0.2) is 28.8 Å². The number of aromatic hydroxyl groups is 3. The average molecular weight is 1270 g/mol. The van der Waals surface area contributed by atoms with Gasteiger partial charge in [0.05, 0.1) is 42.1 Å². The van der Waals surface area contributed by atoms with Gasteiger partial charge in [-0.05, 0) is 180 Å². The van der Waals surface area contributed by atoms with Crippen LogP contribution < -0.4 is 14.8 Å². The zero-order valence-electron chi connectivity index (χ0n) is 51.1. The van der Waals surface area contributed by atoms with E-state index in [1.54, 1.807) is 68.5 Å². The van der Waals surface area contributed by atoms with Crippen LogP contribution in [0.4, 0.5) is 0 Å². The monoisotopic (exact) mass is 1270 g/mol. The van der Waals surface area contributed by atoms with Crippen LogP contribution in [0, 0.1) is 35.5 Å². The molecule has 0 radical (unpaired) electrons. The Kier molecular flexibility index (Phi) is 18.6. The molecule has 3 saturated carbocycles. The van der Waals surface area contributed by atoms with Gasteiger partial charge in [-0.25, -0.2) is 0 Å². The van der Waals surface area contributed by atoms with Crippen LogP contribution in [0.1, 0.15) is 131 Å². The highest BCUT2D eigenvalue weighted by atomic mass is 33.1. The Morgan fingerprint density at radius 2 is 1.60 bits per heavy atom. The maximum absolute atomic E-state index is 17.9. The van der Waals surface area contributed by atoms with E-state index in [-0.39, 0.29) is 59.9 Å². The average Bonchev–Trinajstić information content (AvgIpc) is 0.743. The minimum Gasteiger partial charge on any atom is -0.507 e. The van der Waals surface area contributed by atoms with Gasteiger partial charge in [0, 0.05) is 70.9 Å². The van der Waals surface area contributed by atoms with Crippen molar-refractivity contribution in [3.8, 4) is 28.7 Å². The van der Waals surface area contributed by atoms with Gasteiger partial charge in [0.2, 0.25) is 0 Å². The molecule has 0 spiro atoms. The van der Waals surface area contributed by atoms with Crippen LogP contribution >= 0.6 is 43.2 Å². The second-order valence-electron chi connectivity index (χ2n) is 26.1. The number of H-pyrrole nitrogens is 1. The molecule has 15 heteroatoms. The van der Waals surface area contributed by atoms with Crippen LogP contribution in [0.2, 0.25) is 0 Å². The van der Waals surface area contributed by atoms with E-state index >= 15 is 4.79 Å². The van der Waals surface area contributed by atoms with Gasteiger partial charge < -0.3 is 50.4 Å². The second kappa shape index (κ2) is 26.6. The highest BCUT2D eigenvalue weighted by molar-refractivity contribution is 8.77. The number of carbonyl (C=O) groups excluding carboxylic acids is 1. The van der Waals surface area contributed by atoms with E-state index in [1.165, 1.54) is 5.56 Å². The summed E-state index contributed by atoms with van der Waals surface area (Å²) >= 11 is 0. The van der Waals surface area contributed by atoms with Crippen LogP contribution in [0.5, 0.6) is 28.7 Å². The van der Waals surface area contributed by atoms with E-state index in [2.05, 4.69) is 90.0 Å². The molecule has 13 rings (SSSR count). The van der Waals surface area contributed by atoms with E-state index in [0.29, 0.717) is 53.4 Å². The Bertz CT molecular complexity index is 3710. The molecule has 6 aliphatic rings. The van der Waals surface area contributed by atoms with Gasteiger partial charge >= 0.3 is 0 Å². The van der Waals surface area contributed by atoms with E-state index in [9.17, 15) is 30.6 Å². The second-order valence-corrected chi connectivity index (χ2v) is 31.3. The molecular formula is C74H84N2O9S4. The summed E-state index contributed by atoms with van der Waals surface area (Å²) in [5.74, 6) is -0.400. The van der Waals surface area contributed by atoms with Gasteiger partial charge in [-0.1, -0.05) is 154 Å². The topological polar surface area (TPSA) is 185 Å². The number of ketones is 1. The van der Waals surface area contributed by atoms with Crippen molar-refractivity contribution in [3.63, 3.8) is 0 Å². The number of Topliss-reactive ketones (excluding diaryl/α,β-unsaturated/α-hetero) is 1. The van der Waals surface area contributed by atoms with Crippen LogP contribution in [0.3, 0.4) is 0 Å². The third-order valence-corrected chi connectivity index (χ3v) is 26.9. The number of aryl methyl sites for hydroxylation is 1.